The molecule has 2 heterocycles. The number of aryl methyl sites for hydroxylation is 1. The molecule has 1 amide bonds. The Kier molecular flexibility index (Phi) is 4.18. The molecule has 1 aromatic rings. The predicted octanol–water partition coefficient (Wildman–Crippen LogP) is 1.49. The normalized spacial score (nSPS) is 24.3. The molecule has 1 saturated carbocycles. The summed E-state index contributed by atoms with van der Waals surface area (Å²) in [6, 6.07) is 1.85. The van der Waals surface area contributed by atoms with Gasteiger partial charge in [0.15, 0.2) is 0 Å². The Morgan fingerprint density at radius 3 is 2.59 bits per heavy atom. The lowest BCUT2D eigenvalue weighted by Crippen LogP contribution is -2.49. The maximum Gasteiger partial charge on any atom is 0.228 e. The molecule has 0 radical (unpaired) electrons. The largest absolute Gasteiger partial charge is 0.478 e. The van der Waals surface area contributed by atoms with Gasteiger partial charge in [-0.25, -0.2) is 4.98 Å². The first kappa shape index (κ1) is 15.1. The van der Waals surface area contributed by atoms with Gasteiger partial charge in [0.2, 0.25) is 17.7 Å². The average Bonchev–Trinajstić information content (AvgIpc) is 3.23. The second kappa shape index (κ2) is 6.10. The van der Waals surface area contributed by atoms with Crippen molar-refractivity contribution in [1.29, 1.82) is 0 Å². The molecule has 2 atom stereocenters. The zero-order valence-electron chi connectivity index (χ0n) is 13.6. The van der Waals surface area contributed by atoms with Crippen LogP contribution in [0.4, 0.5) is 5.95 Å². The van der Waals surface area contributed by atoms with E-state index < -0.39 is 0 Å². The van der Waals surface area contributed by atoms with Crippen LogP contribution in [0.3, 0.4) is 0 Å². The minimum absolute atomic E-state index is 0.270. The van der Waals surface area contributed by atoms with Gasteiger partial charge in [-0.1, -0.05) is 6.92 Å². The highest BCUT2D eigenvalue weighted by atomic mass is 16.5. The van der Waals surface area contributed by atoms with Gasteiger partial charge in [0.1, 0.15) is 0 Å². The van der Waals surface area contributed by atoms with E-state index in [0.29, 0.717) is 30.3 Å². The van der Waals surface area contributed by atoms with Crippen molar-refractivity contribution in [3.8, 4) is 5.88 Å². The molecule has 6 nitrogen and oxygen atoms in total. The summed E-state index contributed by atoms with van der Waals surface area (Å²) in [6.07, 6.45) is 1.05. The Morgan fingerprint density at radius 1 is 1.32 bits per heavy atom. The first-order valence-electron chi connectivity index (χ1n) is 8.10. The zero-order valence-corrected chi connectivity index (χ0v) is 13.6. The van der Waals surface area contributed by atoms with E-state index in [0.717, 1.165) is 38.3 Å². The number of aromatic nitrogens is 2. The SMILES string of the molecule is CCOc1cc(C)nc(N2CCN(C(=O)[C@H]3C[C@@H]3C)CC2)n1. The third-order valence-corrected chi connectivity index (χ3v) is 4.41. The Morgan fingerprint density at radius 2 is 2.00 bits per heavy atom. The molecule has 1 aliphatic carbocycles. The quantitative estimate of drug-likeness (QED) is 0.843. The van der Waals surface area contributed by atoms with Gasteiger partial charge in [-0.3, -0.25) is 4.79 Å². The van der Waals surface area contributed by atoms with Gasteiger partial charge in [0.25, 0.3) is 0 Å². The van der Waals surface area contributed by atoms with Gasteiger partial charge >= 0.3 is 0 Å². The number of nitrogens with zero attached hydrogens (tertiary/aromatic N) is 4. The molecule has 2 aliphatic rings. The van der Waals surface area contributed by atoms with Crippen LogP contribution in [-0.4, -0.2) is 53.6 Å². The zero-order chi connectivity index (χ0) is 15.7. The van der Waals surface area contributed by atoms with Crippen molar-refractivity contribution in [2.24, 2.45) is 11.8 Å². The van der Waals surface area contributed by atoms with Crippen molar-refractivity contribution in [1.82, 2.24) is 14.9 Å². The molecule has 1 aromatic heterocycles. The van der Waals surface area contributed by atoms with E-state index >= 15 is 0 Å². The first-order chi connectivity index (χ1) is 10.6. The van der Waals surface area contributed by atoms with Crippen LogP contribution < -0.4 is 9.64 Å². The van der Waals surface area contributed by atoms with Crippen molar-refractivity contribution in [2.45, 2.75) is 27.2 Å². The predicted molar refractivity (Wildman–Crippen MR) is 84.0 cm³/mol. The van der Waals surface area contributed by atoms with Crippen molar-refractivity contribution >= 4 is 11.9 Å². The van der Waals surface area contributed by atoms with Gasteiger partial charge in [0, 0.05) is 43.9 Å². The summed E-state index contributed by atoms with van der Waals surface area (Å²) in [5.41, 5.74) is 0.902. The van der Waals surface area contributed by atoms with E-state index in [1.165, 1.54) is 0 Å². The number of ether oxygens (including phenoxy) is 1. The van der Waals surface area contributed by atoms with Crippen LogP contribution in [0.15, 0.2) is 6.07 Å². The number of anilines is 1. The highest BCUT2D eigenvalue weighted by Gasteiger charge is 2.42. The van der Waals surface area contributed by atoms with Gasteiger partial charge in [0.05, 0.1) is 6.61 Å². The standard InChI is InChI=1S/C16H24N4O2/c1-4-22-14-10-12(3)17-16(18-14)20-7-5-19(6-8-20)15(21)13-9-11(13)2/h10-11,13H,4-9H2,1-3H3/t11-,13-/m0/s1. The molecule has 0 aromatic carbocycles. The lowest BCUT2D eigenvalue weighted by atomic mass is 10.2. The molecule has 3 rings (SSSR count). The Balaban J connectivity index is 1.62. The van der Waals surface area contributed by atoms with Gasteiger partial charge < -0.3 is 14.5 Å². The highest BCUT2D eigenvalue weighted by molar-refractivity contribution is 5.81. The lowest BCUT2D eigenvalue weighted by Gasteiger charge is -2.35. The Hall–Kier alpha value is -1.85. The summed E-state index contributed by atoms with van der Waals surface area (Å²) in [5, 5.41) is 0. The van der Waals surface area contributed by atoms with E-state index in [1.807, 2.05) is 24.8 Å². The third-order valence-electron chi connectivity index (χ3n) is 4.41. The molecule has 1 saturated heterocycles. The fourth-order valence-electron chi connectivity index (χ4n) is 2.92. The average molecular weight is 304 g/mol. The van der Waals surface area contributed by atoms with E-state index in [4.69, 9.17) is 4.74 Å². The topological polar surface area (TPSA) is 58.6 Å². The number of carbonyl (C=O) groups excluding carboxylic acids is 1. The number of carbonyl (C=O) groups is 1. The van der Waals surface area contributed by atoms with Crippen molar-refractivity contribution in [2.75, 3.05) is 37.7 Å². The highest BCUT2D eigenvalue weighted by Crippen LogP contribution is 2.39. The number of piperazine rings is 1. The number of hydrogen-bond donors (Lipinski definition) is 0. The molecular formula is C16H24N4O2. The van der Waals surface area contributed by atoms with Crippen molar-refractivity contribution < 1.29 is 9.53 Å². The molecule has 2 fully saturated rings. The molecule has 0 bridgehead atoms. The molecule has 22 heavy (non-hydrogen) atoms. The summed E-state index contributed by atoms with van der Waals surface area (Å²) in [4.78, 5) is 25.4. The van der Waals surface area contributed by atoms with Gasteiger partial charge in [-0.15, -0.1) is 0 Å². The molecule has 6 heteroatoms. The smallest absolute Gasteiger partial charge is 0.228 e. The summed E-state index contributed by atoms with van der Waals surface area (Å²) in [6.45, 7) is 9.70. The van der Waals surface area contributed by atoms with E-state index in [9.17, 15) is 4.79 Å². The summed E-state index contributed by atoms with van der Waals surface area (Å²) in [7, 11) is 0. The van der Waals surface area contributed by atoms with Crippen molar-refractivity contribution in [3.63, 3.8) is 0 Å². The van der Waals surface area contributed by atoms with Crippen LogP contribution in [0, 0.1) is 18.8 Å². The third kappa shape index (κ3) is 3.15. The van der Waals surface area contributed by atoms with Crippen LogP contribution in [0.2, 0.25) is 0 Å². The maximum absolute atomic E-state index is 12.3. The molecule has 0 N–H and O–H groups in total. The van der Waals surface area contributed by atoms with E-state index in [-0.39, 0.29) is 5.92 Å². The number of hydrogen-bond acceptors (Lipinski definition) is 5. The van der Waals surface area contributed by atoms with Crippen LogP contribution in [0.25, 0.3) is 0 Å². The van der Waals surface area contributed by atoms with Crippen LogP contribution in [0.1, 0.15) is 26.0 Å². The number of amides is 1. The van der Waals surface area contributed by atoms with E-state index in [2.05, 4.69) is 21.8 Å². The molecule has 0 spiro atoms. The van der Waals surface area contributed by atoms with Gasteiger partial charge in [-0.05, 0) is 26.2 Å². The lowest BCUT2D eigenvalue weighted by molar-refractivity contribution is -0.133. The van der Waals surface area contributed by atoms with Crippen molar-refractivity contribution in [3.05, 3.63) is 11.8 Å². The van der Waals surface area contributed by atoms with Crippen LogP contribution in [-0.2, 0) is 4.79 Å². The molecule has 1 aliphatic heterocycles. The fraction of sp³-hybridized carbons (Fsp3) is 0.688. The minimum Gasteiger partial charge on any atom is -0.478 e. The molecule has 120 valence electrons. The second-order valence-electron chi connectivity index (χ2n) is 6.21. The Bertz CT molecular complexity index is 555. The van der Waals surface area contributed by atoms with Gasteiger partial charge in [-0.2, -0.15) is 4.98 Å². The van der Waals surface area contributed by atoms with Crippen LogP contribution in [0.5, 0.6) is 5.88 Å². The minimum atomic E-state index is 0.270. The second-order valence-corrected chi connectivity index (χ2v) is 6.21. The van der Waals surface area contributed by atoms with Crippen LogP contribution >= 0.6 is 0 Å². The number of rotatable bonds is 4. The summed E-state index contributed by atoms with van der Waals surface area (Å²) in [5.74, 6) is 2.49. The molecule has 0 unspecified atom stereocenters. The first-order valence-corrected chi connectivity index (χ1v) is 8.10. The maximum atomic E-state index is 12.3. The monoisotopic (exact) mass is 304 g/mol. The molecular weight excluding hydrogens is 280 g/mol. The summed E-state index contributed by atoms with van der Waals surface area (Å²) < 4.78 is 5.49. The summed E-state index contributed by atoms with van der Waals surface area (Å²) >= 11 is 0. The fourth-order valence-corrected chi connectivity index (χ4v) is 2.92. The Labute approximate surface area is 131 Å². The van der Waals surface area contributed by atoms with E-state index in [1.54, 1.807) is 0 Å².